The van der Waals surface area contributed by atoms with Gasteiger partial charge in [0.05, 0.1) is 30.6 Å². The zero-order valence-electron chi connectivity index (χ0n) is 13.9. The van der Waals surface area contributed by atoms with E-state index in [1.54, 1.807) is 9.58 Å². The molecule has 6 nitrogen and oxygen atoms in total. The zero-order chi connectivity index (χ0) is 16.7. The van der Waals surface area contributed by atoms with Crippen molar-refractivity contribution in [2.24, 2.45) is 0 Å². The van der Waals surface area contributed by atoms with Crippen LogP contribution in [0.4, 0.5) is 9.18 Å². The van der Waals surface area contributed by atoms with Gasteiger partial charge in [-0.25, -0.2) is 9.18 Å². The van der Waals surface area contributed by atoms with Crippen LogP contribution in [0.25, 0.3) is 0 Å². The first-order valence-electron chi connectivity index (χ1n) is 8.08. The van der Waals surface area contributed by atoms with Crippen LogP contribution in [0.5, 0.6) is 0 Å². The largest absolute Gasteiger partial charge is 0.444 e. The van der Waals surface area contributed by atoms with Crippen LogP contribution in [0, 0.1) is 5.82 Å². The van der Waals surface area contributed by atoms with Gasteiger partial charge >= 0.3 is 6.09 Å². The molecule has 0 aromatic carbocycles. The molecule has 7 heteroatoms. The Morgan fingerprint density at radius 1 is 1.43 bits per heavy atom. The monoisotopic (exact) mass is 325 g/mol. The second kappa shape index (κ2) is 5.78. The summed E-state index contributed by atoms with van der Waals surface area (Å²) >= 11 is 0. The summed E-state index contributed by atoms with van der Waals surface area (Å²) in [7, 11) is 0. The minimum atomic E-state index is -0.481. The minimum Gasteiger partial charge on any atom is -0.444 e. The van der Waals surface area contributed by atoms with Crippen molar-refractivity contribution in [1.29, 1.82) is 0 Å². The molecule has 3 rings (SSSR count). The maximum absolute atomic E-state index is 13.1. The quantitative estimate of drug-likeness (QED) is 0.797. The van der Waals surface area contributed by atoms with E-state index in [1.807, 2.05) is 20.8 Å². The molecule has 1 amide bonds. The number of nitrogens with zero attached hydrogens (tertiary/aromatic N) is 3. The molecule has 0 radical (unpaired) electrons. The number of likely N-dealkylation sites (tertiary alicyclic amines) is 1. The molecule has 1 aromatic heterocycles. The van der Waals surface area contributed by atoms with Gasteiger partial charge in [-0.2, -0.15) is 5.10 Å². The van der Waals surface area contributed by atoms with Crippen LogP contribution in [0.1, 0.15) is 46.1 Å². The van der Waals surface area contributed by atoms with Gasteiger partial charge in [0.25, 0.3) is 0 Å². The predicted octanol–water partition coefficient (Wildman–Crippen LogP) is 2.75. The lowest BCUT2D eigenvalue weighted by atomic mass is 9.87. The lowest BCUT2D eigenvalue weighted by molar-refractivity contribution is -0.0486. The predicted molar refractivity (Wildman–Crippen MR) is 81.6 cm³/mol. The molecule has 0 saturated carbocycles. The Kier molecular flexibility index (Phi) is 4.08. The molecule has 0 unspecified atom stereocenters. The number of piperidine rings is 1. The molecular weight excluding hydrogens is 301 g/mol. The number of carbonyl (C=O) groups is 1. The summed E-state index contributed by atoms with van der Waals surface area (Å²) in [5.74, 6) is -0.328. The highest BCUT2D eigenvalue weighted by atomic mass is 19.1. The number of halogens is 1. The Labute approximate surface area is 135 Å². The van der Waals surface area contributed by atoms with E-state index >= 15 is 0 Å². The molecule has 128 valence electrons. The summed E-state index contributed by atoms with van der Waals surface area (Å²) in [5, 5.41) is 4.04. The summed E-state index contributed by atoms with van der Waals surface area (Å²) in [4.78, 5) is 13.8. The smallest absolute Gasteiger partial charge is 0.410 e. The number of hydrogen-bond donors (Lipinski definition) is 0. The number of ether oxygens (including phenoxy) is 2. The van der Waals surface area contributed by atoms with Crippen molar-refractivity contribution in [1.82, 2.24) is 14.7 Å². The Bertz CT molecular complexity index is 573. The van der Waals surface area contributed by atoms with Crippen LogP contribution in [0.3, 0.4) is 0 Å². The molecule has 0 bridgehead atoms. The van der Waals surface area contributed by atoms with Crippen LogP contribution < -0.4 is 0 Å². The molecule has 0 aliphatic carbocycles. The van der Waals surface area contributed by atoms with Crippen molar-refractivity contribution < 1.29 is 18.7 Å². The summed E-state index contributed by atoms with van der Waals surface area (Å²) in [6, 6.07) is 0.0626. The molecule has 2 fully saturated rings. The van der Waals surface area contributed by atoms with Gasteiger partial charge in [-0.05, 0) is 33.6 Å². The Morgan fingerprint density at radius 2 is 2.13 bits per heavy atom. The number of aromatic nitrogens is 2. The highest BCUT2D eigenvalue weighted by Gasteiger charge is 2.44. The fraction of sp³-hybridized carbons (Fsp3) is 0.750. The number of hydrogen-bond acceptors (Lipinski definition) is 4. The molecule has 1 atom stereocenters. The lowest BCUT2D eigenvalue weighted by Crippen LogP contribution is -2.47. The summed E-state index contributed by atoms with van der Waals surface area (Å²) in [6.45, 7) is 7.37. The van der Waals surface area contributed by atoms with Gasteiger partial charge in [-0.1, -0.05) is 0 Å². The fourth-order valence-electron chi connectivity index (χ4n) is 3.28. The number of carbonyl (C=O) groups excluding carboxylic acids is 1. The van der Waals surface area contributed by atoms with Gasteiger partial charge in [0, 0.05) is 19.5 Å². The first kappa shape index (κ1) is 16.2. The molecular formula is C16H24FN3O3. The Balaban J connectivity index is 1.56. The second-order valence-electron chi connectivity index (χ2n) is 7.46. The van der Waals surface area contributed by atoms with Crippen molar-refractivity contribution in [2.45, 2.75) is 57.3 Å². The Hall–Kier alpha value is -1.63. The van der Waals surface area contributed by atoms with E-state index in [2.05, 4.69) is 5.10 Å². The third-order valence-electron chi connectivity index (χ3n) is 4.46. The van der Waals surface area contributed by atoms with E-state index in [9.17, 15) is 9.18 Å². The number of amides is 1. The number of rotatable bonds is 1. The zero-order valence-corrected chi connectivity index (χ0v) is 13.9. The first-order chi connectivity index (χ1) is 10.8. The van der Waals surface area contributed by atoms with Crippen molar-refractivity contribution in [2.75, 3.05) is 19.7 Å². The summed E-state index contributed by atoms with van der Waals surface area (Å²) in [6.07, 6.45) is 4.70. The average molecular weight is 325 g/mol. The first-order valence-corrected chi connectivity index (χ1v) is 8.08. The maximum Gasteiger partial charge on any atom is 0.410 e. The third-order valence-corrected chi connectivity index (χ3v) is 4.46. The van der Waals surface area contributed by atoms with E-state index in [0.29, 0.717) is 19.7 Å². The van der Waals surface area contributed by atoms with E-state index in [0.717, 1.165) is 19.3 Å². The SMILES string of the molecule is CC(C)(C)OC(=O)N1CCC2(CC1)C[C@@H](n1cc(F)cn1)CO2. The van der Waals surface area contributed by atoms with E-state index in [4.69, 9.17) is 9.47 Å². The van der Waals surface area contributed by atoms with E-state index in [1.165, 1.54) is 12.4 Å². The van der Waals surface area contributed by atoms with E-state index < -0.39 is 5.60 Å². The normalized spacial score (nSPS) is 24.2. The molecule has 2 saturated heterocycles. The Morgan fingerprint density at radius 3 is 2.70 bits per heavy atom. The minimum absolute atomic E-state index is 0.0626. The van der Waals surface area contributed by atoms with Crippen molar-refractivity contribution in [3.8, 4) is 0 Å². The van der Waals surface area contributed by atoms with Gasteiger partial charge in [0.1, 0.15) is 5.60 Å². The lowest BCUT2D eigenvalue weighted by Gasteiger charge is -2.39. The van der Waals surface area contributed by atoms with Gasteiger partial charge in [-0.3, -0.25) is 4.68 Å². The van der Waals surface area contributed by atoms with Gasteiger partial charge < -0.3 is 14.4 Å². The summed E-state index contributed by atoms with van der Waals surface area (Å²) in [5.41, 5.74) is -0.711. The topological polar surface area (TPSA) is 56.6 Å². The summed E-state index contributed by atoms with van der Waals surface area (Å²) < 4.78 is 26.2. The van der Waals surface area contributed by atoms with Gasteiger partial charge in [0.2, 0.25) is 0 Å². The highest BCUT2D eigenvalue weighted by molar-refractivity contribution is 5.68. The molecule has 1 spiro atoms. The molecule has 23 heavy (non-hydrogen) atoms. The van der Waals surface area contributed by atoms with Crippen molar-refractivity contribution in [3.05, 3.63) is 18.2 Å². The van der Waals surface area contributed by atoms with Gasteiger partial charge in [0.15, 0.2) is 5.82 Å². The van der Waals surface area contributed by atoms with Crippen LogP contribution in [0.2, 0.25) is 0 Å². The molecule has 0 N–H and O–H groups in total. The van der Waals surface area contributed by atoms with Crippen molar-refractivity contribution in [3.63, 3.8) is 0 Å². The van der Waals surface area contributed by atoms with Crippen molar-refractivity contribution >= 4 is 6.09 Å². The highest BCUT2D eigenvalue weighted by Crippen LogP contribution is 2.40. The molecule has 1 aromatic rings. The third kappa shape index (κ3) is 3.65. The fourth-order valence-corrected chi connectivity index (χ4v) is 3.28. The standard InChI is InChI=1S/C16H24FN3O3/c1-15(2,3)23-14(21)19-6-4-16(5-7-19)8-13(11-22-16)20-10-12(17)9-18-20/h9-10,13H,4-8,11H2,1-3H3/t13-/m1/s1. The van der Waals surface area contributed by atoms with Crippen LogP contribution in [-0.4, -0.2) is 51.7 Å². The van der Waals surface area contributed by atoms with Crippen LogP contribution >= 0.6 is 0 Å². The molecule has 3 heterocycles. The van der Waals surface area contributed by atoms with Crippen LogP contribution in [-0.2, 0) is 9.47 Å². The van der Waals surface area contributed by atoms with Crippen LogP contribution in [0.15, 0.2) is 12.4 Å². The van der Waals surface area contributed by atoms with E-state index in [-0.39, 0.29) is 23.6 Å². The van der Waals surface area contributed by atoms with Gasteiger partial charge in [-0.15, -0.1) is 0 Å². The molecule has 2 aliphatic heterocycles. The maximum atomic E-state index is 13.1. The second-order valence-corrected chi connectivity index (χ2v) is 7.46. The molecule has 2 aliphatic rings. The average Bonchev–Trinajstić information content (AvgIpc) is 3.05.